The molecule has 0 aliphatic carbocycles. The SMILES string of the molecule is Cc1cn(C)c(=O)n1-c1cccc(C2CC(CN)CN2C)c1. The molecular formula is C17H24N4O. The van der Waals surface area contributed by atoms with E-state index in [-0.39, 0.29) is 5.69 Å². The van der Waals surface area contributed by atoms with E-state index in [2.05, 4.69) is 24.1 Å². The van der Waals surface area contributed by atoms with Crippen LogP contribution in [0.4, 0.5) is 0 Å². The first-order valence-electron chi connectivity index (χ1n) is 7.77. The number of hydrogen-bond acceptors (Lipinski definition) is 3. The second-order valence-electron chi connectivity index (χ2n) is 6.39. The number of imidazole rings is 1. The molecule has 2 N–H and O–H groups in total. The van der Waals surface area contributed by atoms with Crippen LogP contribution in [0.25, 0.3) is 5.69 Å². The Morgan fingerprint density at radius 2 is 2.09 bits per heavy atom. The maximum Gasteiger partial charge on any atom is 0.332 e. The average molecular weight is 300 g/mol. The zero-order valence-corrected chi connectivity index (χ0v) is 13.5. The summed E-state index contributed by atoms with van der Waals surface area (Å²) in [7, 11) is 3.93. The highest BCUT2D eigenvalue weighted by Crippen LogP contribution is 2.34. The lowest BCUT2D eigenvalue weighted by Crippen LogP contribution is -2.22. The molecule has 5 heteroatoms. The number of aryl methyl sites for hydroxylation is 2. The molecule has 0 spiro atoms. The van der Waals surface area contributed by atoms with Gasteiger partial charge in [0.25, 0.3) is 0 Å². The fraction of sp³-hybridized carbons (Fsp3) is 0.471. The van der Waals surface area contributed by atoms with E-state index >= 15 is 0 Å². The van der Waals surface area contributed by atoms with Gasteiger partial charge >= 0.3 is 5.69 Å². The van der Waals surface area contributed by atoms with E-state index in [0.717, 1.165) is 30.9 Å². The zero-order chi connectivity index (χ0) is 15.9. The van der Waals surface area contributed by atoms with Gasteiger partial charge in [-0.05, 0) is 50.6 Å². The largest absolute Gasteiger partial charge is 0.332 e. The predicted octanol–water partition coefficient (Wildman–Crippen LogP) is 1.44. The summed E-state index contributed by atoms with van der Waals surface area (Å²) in [5.74, 6) is 0.555. The second-order valence-corrected chi connectivity index (χ2v) is 6.39. The minimum atomic E-state index is -0.00531. The van der Waals surface area contributed by atoms with Crippen molar-refractivity contribution >= 4 is 0 Å². The Bertz CT molecular complexity index is 731. The Labute approximate surface area is 131 Å². The van der Waals surface area contributed by atoms with Gasteiger partial charge in [-0.2, -0.15) is 0 Å². The Balaban J connectivity index is 1.98. The third-order valence-corrected chi connectivity index (χ3v) is 4.71. The van der Waals surface area contributed by atoms with Crippen LogP contribution in [0, 0.1) is 12.8 Å². The van der Waals surface area contributed by atoms with Crippen molar-refractivity contribution in [1.82, 2.24) is 14.0 Å². The van der Waals surface area contributed by atoms with Crippen LogP contribution in [0.5, 0.6) is 0 Å². The van der Waals surface area contributed by atoms with E-state index in [4.69, 9.17) is 5.73 Å². The van der Waals surface area contributed by atoms with Gasteiger partial charge < -0.3 is 10.3 Å². The van der Waals surface area contributed by atoms with Crippen LogP contribution in [-0.2, 0) is 7.05 Å². The second kappa shape index (κ2) is 5.74. The number of benzene rings is 1. The normalized spacial score (nSPS) is 22.4. The van der Waals surface area contributed by atoms with Gasteiger partial charge in [-0.1, -0.05) is 12.1 Å². The fourth-order valence-electron chi connectivity index (χ4n) is 3.55. The van der Waals surface area contributed by atoms with Crippen molar-refractivity contribution < 1.29 is 0 Å². The van der Waals surface area contributed by atoms with Gasteiger partial charge in [-0.25, -0.2) is 4.79 Å². The summed E-state index contributed by atoms with van der Waals surface area (Å²) < 4.78 is 3.38. The maximum atomic E-state index is 12.3. The topological polar surface area (TPSA) is 56.2 Å². The highest BCUT2D eigenvalue weighted by Gasteiger charge is 2.29. The molecule has 1 aromatic carbocycles. The highest BCUT2D eigenvalue weighted by molar-refractivity contribution is 5.39. The molecule has 2 atom stereocenters. The van der Waals surface area contributed by atoms with Gasteiger partial charge in [0.1, 0.15) is 0 Å². The van der Waals surface area contributed by atoms with Crippen LogP contribution in [0.2, 0.25) is 0 Å². The van der Waals surface area contributed by atoms with Gasteiger partial charge in [-0.3, -0.25) is 9.47 Å². The predicted molar refractivity (Wildman–Crippen MR) is 88.3 cm³/mol. The molecule has 1 aliphatic rings. The van der Waals surface area contributed by atoms with Crippen molar-refractivity contribution in [2.24, 2.45) is 18.7 Å². The standard InChI is InChI=1S/C17H24N4O/c1-12-10-20(3)17(22)21(12)15-6-4-5-14(8-15)16-7-13(9-18)11-19(16)2/h4-6,8,10,13,16H,7,9,11,18H2,1-3H3. The molecule has 1 fully saturated rings. The molecule has 1 saturated heterocycles. The summed E-state index contributed by atoms with van der Waals surface area (Å²) in [6.45, 7) is 3.73. The van der Waals surface area contributed by atoms with Gasteiger partial charge in [0.2, 0.25) is 0 Å². The molecule has 0 amide bonds. The first-order valence-corrected chi connectivity index (χ1v) is 7.77. The fourth-order valence-corrected chi connectivity index (χ4v) is 3.55. The lowest BCUT2D eigenvalue weighted by atomic mass is 9.99. The molecule has 1 aliphatic heterocycles. The average Bonchev–Trinajstić information content (AvgIpc) is 2.99. The third-order valence-electron chi connectivity index (χ3n) is 4.71. The van der Waals surface area contributed by atoms with Gasteiger partial charge in [0, 0.05) is 31.5 Å². The van der Waals surface area contributed by atoms with Gasteiger partial charge in [0.15, 0.2) is 0 Å². The number of aromatic nitrogens is 2. The van der Waals surface area contributed by atoms with E-state index < -0.39 is 0 Å². The minimum absolute atomic E-state index is 0.00531. The number of rotatable bonds is 3. The Morgan fingerprint density at radius 3 is 2.68 bits per heavy atom. The smallest absolute Gasteiger partial charge is 0.330 e. The number of likely N-dealkylation sites (tertiary alicyclic amines) is 1. The van der Waals surface area contributed by atoms with E-state index in [9.17, 15) is 4.79 Å². The third kappa shape index (κ3) is 2.51. The van der Waals surface area contributed by atoms with Crippen molar-refractivity contribution in [3.8, 4) is 5.69 Å². The molecular weight excluding hydrogens is 276 g/mol. The zero-order valence-electron chi connectivity index (χ0n) is 13.5. The van der Waals surface area contributed by atoms with Crippen molar-refractivity contribution in [3.05, 3.63) is 52.2 Å². The Hall–Kier alpha value is -1.85. The van der Waals surface area contributed by atoms with Crippen molar-refractivity contribution in [2.75, 3.05) is 20.1 Å². The minimum Gasteiger partial charge on any atom is -0.330 e. The quantitative estimate of drug-likeness (QED) is 0.933. The summed E-state index contributed by atoms with van der Waals surface area (Å²) >= 11 is 0. The van der Waals surface area contributed by atoms with Crippen molar-refractivity contribution in [3.63, 3.8) is 0 Å². The first kappa shape index (κ1) is 15.1. The summed E-state index contributed by atoms with van der Waals surface area (Å²) in [5, 5.41) is 0. The molecule has 2 aromatic rings. The summed E-state index contributed by atoms with van der Waals surface area (Å²) in [6.07, 6.45) is 2.94. The summed E-state index contributed by atoms with van der Waals surface area (Å²) in [5.41, 5.74) is 8.96. The summed E-state index contributed by atoms with van der Waals surface area (Å²) in [6, 6.07) is 8.69. The van der Waals surface area contributed by atoms with Crippen LogP contribution in [0.3, 0.4) is 0 Å². The van der Waals surface area contributed by atoms with E-state index in [1.165, 1.54) is 5.56 Å². The van der Waals surface area contributed by atoms with Crippen LogP contribution in [-0.4, -0.2) is 34.2 Å². The lowest BCUT2D eigenvalue weighted by Gasteiger charge is -2.20. The molecule has 5 nitrogen and oxygen atoms in total. The monoisotopic (exact) mass is 300 g/mol. The first-order chi connectivity index (χ1) is 10.5. The number of nitrogens with two attached hydrogens (primary N) is 1. The van der Waals surface area contributed by atoms with Crippen molar-refractivity contribution in [2.45, 2.75) is 19.4 Å². The molecule has 0 bridgehead atoms. The van der Waals surface area contributed by atoms with Crippen LogP contribution in [0.15, 0.2) is 35.3 Å². The maximum absolute atomic E-state index is 12.3. The molecule has 118 valence electrons. The van der Waals surface area contributed by atoms with Crippen LogP contribution >= 0.6 is 0 Å². The Kier molecular flexibility index (Phi) is 3.93. The molecule has 2 heterocycles. The van der Waals surface area contributed by atoms with Gasteiger partial charge in [0.05, 0.1) is 5.69 Å². The molecule has 1 aromatic heterocycles. The molecule has 0 saturated carbocycles. The lowest BCUT2D eigenvalue weighted by molar-refractivity contribution is 0.313. The molecule has 2 unspecified atom stereocenters. The molecule has 3 rings (SSSR count). The molecule has 22 heavy (non-hydrogen) atoms. The molecule has 0 radical (unpaired) electrons. The Morgan fingerprint density at radius 1 is 1.32 bits per heavy atom. The van der Waals surface area contributed by atoms with E-state index in [0.29, 0.717) is 12.0 Å². The number of hydrogen-bond donors (Lipinski definition) is 1. The number of nitrogens with zero attached hydrogens (tertiary/aromatic N) is 3. The summed E-state index contributed by atoms with van der Waals surface area (Å²) in [4.78, 5) is 14.6. The van der Waals surface area contributed by atoms with Crippen LogP contribution < -0.4 is 11.4 Å². The van der Waals surface area contributed by atoms with Crippen LogP contribution in [0.1, 0.15) is 23.7 Å². The van der Waals surface area contributed by atoms with Crippen molar-refractivity contribution in [1.29, 1.82) is 0 Å². The van der Waals surface area contributed by atoms with E-state index in [1.807, 2.05) is 25.3 Å². The highest BCUT2D eigenvalue weighted by atomic mass is 16.1. The van der Waals surface area contributed by atoms with E-state index in [1.54, 1.807) is 16.2 Å². The van der Waals surface area contributed by atoms with Gasteiger partial charge in [-0.15, -0.1) is 0 Å².